The van der Waals surface area contributed by atoms with Crippen LogP contribution >= 0.6 is 0 Å². The Kier molecular flexibility index (Phi) is 9.20. The van der Waals surface area contributed by atoms with Crippen molar-refractivity contribution in [1.29, 1.82) is 0 Å². The third kappa shape index (κ3) is 6.00. The fourth-order valence-electron chi connectivity index (χ4n) is 9.79. The number of benzene rings is 4. The van der Waals surface area contributed by atoms with Gasteiger partial charge in [-0.2, -0.15) is 0 Å². The van der Waals surface area contributed by atoms with Crippen LogP contribution in [0, 0.1) is 13.8 Å². The molecular formula is C54H52N6O. The van der Waals surface area contributed by atoms with Crippen molar-refractivity contribution < 1.29 is 4.74 Å². The molecule has 10 rings (SSSR count). The fourth-order valence-corrected chi connectivity index (χ4v) is 9.79. The summed E-state index contributed by atoms with van der Waals surface area (Å²) < 4.78 is 11.4. The zero-order valence-electron chi connectivity index (χ0n) is 36.8. The molecule has 0 aliphatic heterocycles. The molecule has 0 fully saturated rings. The van der Waals surface area contributed by atoms with Gasteiger partial charge in [0.25, 0.3) is 0 Å². The lowest BCUT2D eigenvalue weighted by Crippen LogP contribution is -2.03. The number of aromatic nitrogens is 6. The second-order valence-corrected chi connectivity index (χ2v) is 18.0. The van der Waals surface area contributed by atoms with E-state index in [0.29, 0.717) is 35.2 Å². The van der Waals surface area contributed by atoms with E-state index >= 15 is 0 Å². The Bertz CT molecular complexity index is 3110. The average Bonchev–Trinajstić information content (AvgIpc) is 3.89. The first-order chi connectivity index (χ1) is 29.4. The van der Waals surface area contributed by atoms with E-state index in [9.17, 15) is 0 Å². The van der Waals surface area contributed by atoms with E-state index in [0.717, 1.165) is 77.4 Å². The van der Waals surface area contributed by atoms with Crippen LogP contribution in [0.2, 0.25) is 0 Å². The SMILES string of the molecule is Cc1cccc2c1c1ncc(Oc3cnc4c(c3)c3ncc(-c5c(C(C)C)cccc5C(C)C)n3c3cccc(C)c43)cc1c1ncc(-c3c(C(C)C)cccc3C(C)C)n21. The summed E-state index contributed by atoms with van der Waals surface area (Å²) in [6.45, 7) is 22.5. The van der Waals surface area contributed by atoms with Crippen LogP contribution < -0.4 is 4.74 Å². The number of aryl methyl sites for hydroxylation is 2. The van der Waals surface area contributed by atoms with Crippen molar-refractivity contribution in [2.24, 2.45) is 0 Å². The Hall–Kier alpha value is -6.60. The van der Waals surface area contributed by atoms with E-state index in [4.69, 9.17) is 24.7 Å². The van der Waals surface area contributed by atoms with Gasteiger partial charge >= 0.3 is 0 Å². The Morgan fingerprint density at radius 1 is 0.443 bits per heavy atom. The molecule has 0 radical (unpaired) electrons. The van der Waals surface area contributed by atoms with Crippen LogP contribution in [-0.4, -0.2) is 28.7 Å². The monoisotopic (exact) mass is 800 g/mol. The number of imidazole rings is 2. The lowest BCUT2D eigenvalue weighted by atomic mass is 9.87. The molecule has 61 heavy (non-hydrogen) atoms. The van der Waals surface area contributed by atoms with Crippen molar-refractivity contribution in [1.82, 2.24) is 28.7 Å². The zero-order valence-corrected chi connectivity index (χ0v) is 36.8. The smallest absolute Gasteiger partial charge is 0.147 e. The normalized spacial score (nSPS) is 12.4. The van der Waals surface area contributed by atoms with Gasteiger partial charge in [-0.15, -0.1) is 0 Å². The predicted molar refractivity (Wildman–Crippen MR) is 253 cm³/mol. The van der Waals surface area contributed by atoms with Gasteiger partial charge in [0.15, 0.2) is 0 Å². The second-order valence-electron chi connectivity index (χ2n) is 18.0. The first-order valence-corrected chi connectivity index (χ1v) is 21.7. The van der Waals surface area contributed by atoms with Crippen molar-refractivity contribution in [3.63, 3.8) is 0 Å². The first kappa shape index (κ1) is 38.6. The minimum absolute atomic E-state index is 0.343. The Morgan fingerprint density at radius 3 is 1.16 bits per heavy atom. The topological polar surface area (TPSA) is 69.6 Å². The summed E-state index contributed by atoms with van der Waals surface area (Å²) in [6, 6.07) is 30.6. The molecule has 0 spiro atoms. The molecule has 0 unspecified atom stereocenters. The van der Waals surface area contributed by atoms with Crippen molar-refractivity contribution in [3.05, 3.63) is 143 Å². The lowest BCUT2D eigenvalue weighted by molar-refractivity contribution is 0.480. The molecule has 0 aliphatic rings. The number of pyridine rings is 4. The minimum Gasteiger partial charge on any atom is -0.454 e. The third-order valence-corrected chi connectivity index (χ3v) is 12.7. The van der Waals surface area contributed by atoms with Gasteiger partial charge in [0.1, 0.15) is 22.8 Å². The summed E-state index contributed by atoms with van der Waals surface area (Å²) in [5, 5.41) is 4.07. The van der Waals surface area contributed by atoms with Gasteiger partial charge in [-0.05, 0) is 95.2 Å². The van der Waals surface area contributed by atoms with Crippen molar-refractivity contribution in [2.45, 2.75) is 92.9 Å². The van der Waals surface area contributed by atoms with E-state index in [2.05, 4.69) is 163 Å². The largest absolute Gasteiger partial charge is 0.454 e. The maximum Gasteiger partial charge on any atom is 0.147 e. The molecule has 0 amide bonds. The molecule has 0 bridgehead atoms. The highest BCUT2D eigenvalue weighted by molar-refractivity contribution is 6.13. The highest BCUT2D eigenvalue weighted by Gasteiger charge is 2.25. The number of hydrogen-bond acceptors (Lipinski definition) is 5. The van der Waals surface area contributed by atoms with E-state index in [1.165, 1.54) is 33.4 Å². The molecule has 304 valence electrons. The van der Waals surface area contributed by atoms with Crippen molar-refractivity contribution >= 4 is 54.9 Å². The minimum atomic E-state index is 0.343. The van der Waals surface area contributed by atoms with Crippen molar-refractivity contribution in [3.8, 4) is 34.0 Å². The van der Waals surface area contributed by atoms with E-state index in [1.807, 2.05) is 24.8 Å². The molecule has 0 saturated carbocycles. The zero-order chi connectivity index (χ0) is 42.4. The van der Waals surface area contributed by atoms with Gasteiger partial charge in [-0.1, -0.05) is 116 Å². The van der Waals surface area contributed by atoms with Gasteiger partial charge in [0, 0.05) is 32.7 Å². The summed E-state index contributed by atoms with van der Waals surface area (Å²) in [7, 11) is 0. The number of hydrogen-bond donors (Lipinski definition) is 0. The van der Waals surface area contributed by atoms with Crippen LogP contribution in [0.4, 0.5) is 0 Å². The first-order valence-electron chi connectivity index (χ1n) is 21.7. The van der Waals surface area contributed by atoms with Crippen LogP contribution in [0.5, 0.6) is 11.5 Å². The maximum absolute atomic E-state index is 6.76. The number of fused-ring (bicyclic) bond motifs is 12. The molecule has 4 aromatic carbocycles. The molecule has 6 aromatic heterocycles. The molecule has 7 nitrogen and oxygen atoms in total. The van der Waals surface area contributed by atoms with Gasteiger partial charge in [0.2, 0.25) is 0 Å². The quantitative estimate of drug-likeness (QED) is 0.143. The summed E-state index contributed by atoms with van der Waals surface area (Å²) in [6.07, 6.45) is 7.75. The van der Waals surface area contributed by atoms with E-state index in [1.54, 1.807) is 0 Å². The molecule has 0 atom stereocenters. The number of nitrogens with zero attached hydrogens (tertiary/aromatic N) is 6. The Balaban J connectivity index is 1.18. The summed E-state index contributed by atoms with van der Waals surface area (Å²) in [5.74, 6) is 2.60. The van der Waals surface area contributed by atoms with Crippen molar-refractivity contribution in [2.75, 3.05) is 0 Å². The highest BCUT2D eigenvalue weighted by atomic mass is 16.5. The lowest BCUT2D eigenvalue weighted by Gasteiger charge is -2.20. The predicted octanol–water partition coefficient (Wildman–Crippen LogP) is 14.6. The molecule has 0 N–H and O–H groups in total. The molecule has 10 aromatic rings. The highest BCUT2D eigenvalue weighted by Crippen LogP contribution is 2.43. The van der Waals surface area contributed by atoms with Crippen LogP contribution in [0.1, 0.15) is 112 Å². The summed E-state index contributed by atoms with van der Waals surface area (Å²) in [5.41, 5.74) is 18.0. The Labute approximate surface area is 357 Å². The van der Waals surface area contributed by atoms with E-state index < -0.39 is 0 Å². The molecular weight excluding hydrogens is 749 g/mol. The Morgan fingerprint density at radius 2 is 0.803 bits per heavy atom. The number of rotatable bonds is 8. The third-order valence-electron chi connectivity index (χ3n) is 12.7. The molecule has 0 saturated heterocycles. The summed E-state index contributed by atoms with van der Waals surface area (Å²) in [4.78, 5) is 20.6. The number of ether oxygens (including phenoxy) is 1. The average molecular weight is 801 g/mol. The van der Waals surface area contributed by atoms with Gasteiger partial charge < -0.3 is 4.74 Å². The fraction of sp³-hybridized carbons (Fsp3) is 0.259. The molecule has 0 aliphatic carbocycles. The van der Waals surface area contributed by atoms with Crippen LogP contribution in [0.25, 0.3) is 77.4 Å². The molecule has 6 heterocycles. The van der Waals surface area contributed by atoms with Gasteiger partial charge in [-0.3, -0.25) is 18.8 Å². The van der Waals surface area contributed by atoms with Gasteiger partial charge in [0.05, 0.1) is 58.2 Å². The second kappa shape index (κ2) is 14.5. The van der Waals surface area contributed by atoms with Crippen LogP contribution in [0.15, 0.2) is 110 Å². The summed E-state index contributed by atoms with van der Waals surface area (Å²) >= 11 is 0. The standard InChI is InChI=1S/C54H52N6O/c1-29(2)37-17-13-18-38(30(3)4)49(37)45-27-57-53-41-23-35(25-55-51(41)47-33(9)15-11-21-43(47)59(45)53)61-36-24-42-52(56-26-36)48-34(10)16-12-22-44(48)60-46(28-58-54(42)60)50-39(31(5)6)19-14-20-40(50)32(7)8/h11-32H,1-10H3. The van der Waals surface area contributed by atoms with Gasteiger partial charge in [-0.25, -0.2) is 9.97 Å². The van der Waals surface area contributed by atoms with Crippen LogP contribution in [-0.2, 0) is 0 Å². The molecule has 7 heteroatoms. The maximum atomic E-state index is 6.76. The van der Waals surface area contributed by atoms with E-state index in [-0.39, 0.29) is 0 Å². The van der Waals surface area contributed by atoms with Crippen LogP contribution in [0.3, 0.4) is 0 Å².